The topological polar surface area (TPSA) is 63.6 Å². The molecule has 0 spiro atoms. The summed E-state index contributed by atoms with van der Waals surface area (Å²) in [6.07, 6.45) is 0. The Kier molecular flexibility index (Phi) is 4.88. The summed E-state index contributed by atoms with van der Waals surface area (Å²) in [4.78, 5) is 0. The highest BCUT2D eigenvalue weighted by Crippen LogP contribution is 2.24. The predicted octanol–water partition coefficient (Wildman–Crippen LogP) is 2.52. The number of rotatable bonds is 6. The van der Waals surface area contributed by atoms with Crippen molar-refractivity contribution in [2.75, 3.05) is 12.9 Å². The molecule has 118 valence electrons. The Hall–Kier alpha value is -1.85. The van der Waals surface area contributed by atoms with Gasteiger partial charge in [0.15, 0.2) is 9.84 Å². The number of sulfone groups is 1. The van der Waals surface area contributed by atoms with Gasteiger partial charge in [0.25, 0.3) is 0 Å². The highest BCUT2D eigenvalue weighted by atomic mass is 32.2. The molecule has 1 atom stereocenters. The SMILES string of the molecule is COc1ccc(CS(=O)(=O)C[C@@](C)(O)c2ccccc2)cc1. The van der Waals surface area contributed by atoms with Crippen LogP contribution in [0.4, 0.5) is 0 Å². The quantitative estimate of drug-likeness (QED) is 0.888. The molecule has 0 aliphatic rings. The van der Waals surface area contributed by atoms with E-state index in [1.807, 2.05) is 6.07 Å². The first-order chi connectivity index (χ1) is 10.3. The fraction of sp³-hybridized carbons (Fsp3) is 0.294. The molecule has 0 bridgehead atoms. The van der Waals surface area contributed by atoms with Gasteiger partial charge in [-0.3, -0.25) is 0 Å². The van der Waals surface area contributed by atoms with Crippen LogP contribution in [0.15, 0.2) is 54.6 Å². The van der Waals surface area contributed by atoms with Crippen molar-refractivity contribution < 1.29 is 18.3 Å². The van der Waals surface area contributed by atoms with Crippen LogP contribution in [0, 0.1) is 0 Å². The van der Waals surface area contributed by atoms with Gasteiger partial charge < -0.3 is 9.84 Å². The molecule has 2 aromatic carbocycles. The van der Waals surface area contributed by atoms with Crippen LogP contribution in [0.25, 0.3) is 0 Å². The van der Waals surface area contributed by atoms with Crippen LogP contribution < -0.4 is 4.74 Å². The van der Waals surface area contributed by atoms with Gasteiger partial charge >= 0.3 is 0 Å². The Labute approximate surface area is 131 Å². The molecule has 0 amide bonds. The summed E-state index contributed by atoms with van der Waals surface area (Å²) in [6, 6.07) is 15.7. The number of aliphatic hydroxyl groups is 1. The zero-order valence-electron chi connectivity index (χ0n) is 12.7. The minimum atomic E-state index is -3.45. The summed E-state index contributed by atoms with van der Waals surface area (Å²) >= 11 is 0. The molecule has 0 aliphatic heterocycles. The Bertz CT molecular complexity index is 704. The molecule has 0 aromatic heterocycles. The zero-order valence-corrected chi connectivity index (χ0v) is 13.5. The molecule has 1 N–H and O–H groups in total. The number of hydrogen-bond donors (Lipinski definition) is 1. The van der Waals surface area contributed by atoms with Gasteiger partial charge in [0, 0.05) is 0 Å². The maximum Gasteiger partial charge on any atom is 0.157 e. The lowest BCUT2D eigenvalue weighted by Gasteiger charge is -2.23. The fourth-order valence-corrected chi connectivity index (χ4v) is 4.16. The van der Waals surface area contributed by atoms with Crippen molar-refractivity contribution >= 4 is 9.84 Å². The standard InChI is InChI=1S/C17H20O4S/c1-17(18,15-6-4-3-5-7-15)13-22(19,20)12-14-8-10-16(21-2)11-9-14/h3-11,18H,12-13H2,1-2H3/t17-/m1/s1. The van der Waals surface area contributed by atoms with E-state index in [0.717, 1.165) is 0 Å². The highest BCUT2D eigenvalue weighted by molar-refractivity contribution is 7.90. The van der Waals surface area contributed by atoms with Crippen molar-refractivity contribution in [3.63, 3.8) is 0 Å². The Morgan fingerprint density at radius 1 is 1.05 bits per heavy atom. The lowest BCUT2D eigenvalue weighted by Crippen LogP contribution is -2.31. The molecule has 0 saturated heterocycles. The van der Waals surface area contributed by atoms with E-state index in [-0.39, 0.29) is 11.5 Å². The van der Waals surface area contributed by atoms with Crippen LogP contribution in [0.1, 0.15) is 18.1 Å². The fourth-order valence-electron chi connectivity index (χ4n) is 2.34. The first kappa shape index (κ1) is 16.5. The smallest absolute Gasteiger partial charge is 0.157 e. The highest BCUT2D eigenvalue weighted by Gasteiger charge is 2.30. The first-order valence-electron chi connectivity index (χ1n) is 6.94. The predicted molar refractivity (Wildman–Crippen MR) is 86.5 cm³/mol. The summed E-state index contributed by atoms with van der Waals surface area (Å²) in [5, 5.41) is 10.5. The summed E-state index contributed by atoms with van der Waals surface area (Å²) in [7, 11) is -1.89. The van der Waals surface area contributed by atoms with Crippen LogP contribution in [0.3, 0.4) is 0 Å². The van der Waals surface area contributed by atoms with E-state index in [1.54, 1.807) is 55.6 Å². The second-order valence-electron chi connectivity index (χ2n) is 5.52. The molecule has 4 nitrogen and oxygen atoms in total. The van der Waals surface area contributed by atoms with Crippen molar-refractivity contribution in [3.8, 4) is 5.75 Å². The molecule has 0 radical (unpaired) electrons. The maximum atomic E-state index is 12.4. The molecular formula is C17H20O4S. The molecule has 0 saturated carbocycles. The van der Waals surface area contributed by atoms with E-state index in [2.05, 4.69) is 0 Å². The van der Waals surface area contributed by atoms with Crippen molar-refractivity contribution in [2.45, 2.75) is 18.3 Å². The van der Waals surface area contributed by atoms with Gasteiger partial charge in [-0.25, -0.2) is 8.42 Å². The molecule has 0 fully saturated rings. The van der Waals surface area contributed by atoms with E-state index < -0.39 is 15.4 Å². The largest absolute Gasteiger partial charge is 0.497 e. The average Bonchev–Trinajstić information content (AvgIpc) is 2.47. The molecule has 0 unspecified atom stereocenters. The number of hydrogen-bond acceptors (Lipinski definition) is 4. The van der Waals surface area contributed by atoms with Gasteiger partial charge in [-0.15, -0.1) is 0 Å². The second kappa shape index (κ2) is 6.50. The van der Waals surface area contributed by atoms with Gasteiger partial charge in [0.2, 0.25) is 0 Å². The van der Waals surface area contributed by atoms with Crippen LogP contribution in [-0.4, -0.2) is 26.4 Å². The molecule has 0 aliphatic carbocycles. The van der Waals surface area contributed by atoms with E-state index in [0.29, 0.717) is 16.9 Å². The molecule has 22 heavy (non-hydrogen) atoms. The van der Waals surface area contributed by atoms with Crippen molar-refractivity contribution in [1.82, 2.24) is 0 Å². The Morgan fingerprint density at radius 3 is 2.18 bits per heavy atom. The van der Waals surface area contributed by atoms with Gasteiger partial charge in [-0.05, 0) is 30.2 Å². The van der Waals surface area contributed by atoms with Crippen LogP contribution in [-0.2, 0) is 21.2 Å². The zero-order chi connectivity index (χ0) is 16.2. The number of ether oxygens (including phenoxy) is 1. The minimum Gasteiger partial charge on any atom is -0.497 e. The van der Waals surface area contributed by atoms with Crippen molar-refractivity contribution in [3.05, 3.63) is 65.7 Å². The summed E-state index contributed by atoms with van der Waals surface area (Å²) in [5.41, 5.74) is -0.148. The third-order valence-electron chi connectivity index (χ3n) is 3.44. The monoisotopic (exact) mass is 320 g/mol. The van der Waals surface area contributed by atoms with Gasteiger partial charge in [-0.1, -0.05) is 42.5 Å². The van der Waals surface area contributed by atoms with Crippen molar-refractivity contribution in [2.24, 2.45) is 0 Å². The van der Waals surface area contributed by atoms with Crippen LogP contribution >= 0.6 is 0 Å². The Morgan fingerprint density at radius 2 is 1.64 bits per heavy atom. The second-order valence-corrected chi connectivity index (χ2v) is 7.58. The van der Waals surface area contributed by atoms with E-state index >= 15 is 0 Å². The average molecular weight is 320 g/mol. The third-order valence-corrected chi connectivity index (χ3v) is 5.22. The van der Waals surface area contributed by atoms with Gasteiger partial charge in [0.05, 0.1) is 18.6 Å². The van der Waals surface area contributed by atoms with Crippen LogP contribution in [0.5, 0.6) is 5.75 Å². The first-order valence-corrected chi connectivity index (χ1v) is 8.76. The van der Waals surface area contributed by atoms with E-state index in [4.69, 9.17) is 4.74 Å². The van der Waals surface area contributed by atoms with E-state index in [1.165, 1.54) is 6.92 Å². The normalized spacial score (nSPS) is 14.3. The minimum absolute atomic E-state index is 0.111. The molecule has 2 aromatic rings. The summed E-state index contributed by atoms with van der Waals surface area (Å²) < 4.78 is 29.8. The number of methoxy groups -OCH3 is 1. The molecule has 0 heterocycles. The maximum absolute atomic E-state index is 12.4. The molecular weight excluding hydrogens is 300 g/mol. The number of benzene rings is 2. The summed E-state index contributed by atoms with van der Waals surface area (Å²) in [5.74, 6) is 0.244. The Balaban J connectivity index is 2.13. The molecule has 2 rings (SSSR count). The lowest BCUT2D eigenvalue weighted by atomic mass is 9.99. The van der Waals surface area contributed by atoms with Gasteiger partial charge in [-0.2, -0.15) is 0 Å². The van der Waals surface area contributed by atoms with Gasteiger partial charge in [0.1, 0.15) is 11.4 Å². The summed E-state index contributed by atoms with van der Waals surface area (Å²) in [6.45, 7) is 1.52. The van der Waals surface area contributed by atoms with E-state index in [9.17, 15) is 13.5 Å². The van der Waals surface area contributed by atoms with Crippen molar-refractivity contribution in [1.29, 1.82) is 0 Å². The lowest BCUT2D eigenvalue weighted by molar-refractivity contribution is 0.0819. The molecule has 5 heteroatoms. The third kappa shape index (κ3) is 4.32. The van der Waals surface area contributed by atoms with Crippen LogP contribution in [0.2, 0.25) is 0 Å².